The van der Waals surface area contributed by atoms with Crippen LogP contribution in [0.4, 0.5) is 0 Å². The fourth-order valence-corrected chi connectivity index (χ4v) is 3.20. The summed E-state index contributed by atoms with van der Waals surface area (Å²) in [6.07, 6.45) is 3.63. The van der Waals surface area contributed by atoms with E-state index in [0.29, 0.717) is 6.54 Å². The summed E-state index contributed by atoms with van der Waals surface area (Å²) in [6, 6.07) is 8.22. The van der Waals surface area contributed by atoms with Crippen molar-refractivity contribution in [2.75, 3.05) is 6.61 Å². The van der Waals surface area contributed by atoms with E-state index in [2.05, 4.69) is 34.4 Å². The van der Waals surface area contributed by atoms with Crippen LogP contribution < -0.4 is 0 Å². The Kier molecular flexibility index (Phi) is 5.99. The van der Waals surface area contributed by atoms with Crippen molar-refractivity contribution in [3.05, 3.63) is 48.0 Å². The molecule has 0 saturated carbocycles. The summed E-state index contributed by atoms with van der Waals surface area (Å²) >= 11 is 0. The van der Waals surface area contributed by atoms with E-state index in [0.717, 1.165) is 44.8 Å². The van der Waals surface area contributed by atoms with Crippen LogP contribution in [0.5, 0.6) is 0 Å². The topological polar surface area (TPSA) is 119 Å². The molecule has 9 heteroatoms. The van der Waals surface area contributed by atoms with E-state index >= 15 is 0 Å². The summed E-state index contributed by atoms with van der Waals surface area (Å²) in [4.78, 5) is 13.2. The molecular weight excluding hydrogens is 372 g/mol. The lowest BCUT2D eigenvalue weighted by molar-refractivity contribution is -0.122. The van der Waals surface area contributed by atoms with Crippen molar-refractivity contribution in [1.29, 1.82) is 0 Å². The molecule has 0 bridgehead atoms. The molecule has 0 spiro atoms. The number of aromatic nitrogens is 6. The van der Waals surface area contributed by atoms with Crippen LogP contribution in [-0.4, -0.2) is 52.8 Å². The van der Waals surface area contributed by atoms with Crippen molar-refractivity contribution >= 4 is 17.4 Å². The third kappa shape index (κ3) is 4.14. The van der Waals surface area contributed by atoms with Crippen LogP contribution in [0.2, 0.25) is 0 Å². The zero-order valence-electron chi connectivity index (χ0n) is 16.4. The highest BCUT2D eigenvalue weighted by molar-refractivity contribution is 5.88. The van der Waals surface area contributed by atoms with E-state index in [1.807, 2.05) is 36.9 Å². The summed E-state index contributed by atoms with van der Waals surface area (Å²) in [5.41, 5.74) is 5.87. The predicted octanol–water partition coefficient (Wildman–Crippen LogP) is 2.20. The van der Waals surface area contributed by atoms with E-state index in [1.165, 1.54) is 0 Å². The van der Waals surface area contributed by atoms with Crippen molar-refractivity contribution in [2.45, 2.75) is 20.4 Å². The minimum atomic E-state index is -0.250. The summed E-state index contributed by atoms with van der Waals surface area (Å²) in [5, 5.41) is 29.7. The number of aliphatic hydroxyl groups excluding tert-OH is 1. The van der Waals surface area contributed by atoms with Crippen molar-refractivity contribution < 1.29 is 15.0 Å². The molecule has 9 nitrogen and oxygen atoms in total. The Bertz CT molecular complexity index is 1150. The van der Waals surface area contributed by atoms with E-state index in [9.17, 15) is 0 Å². The fourth-order valence-electron chi connectivity index (χ4n) is 3.20. The molecule has 0 aliphatic heterocycles. The zero-order valence-corrected chi connectivity index (χ0v) is 16.4. The number of carboxylic acid groups (broad SMARTS) is 1. The molecular formula is C20H22N6O3. The van der Waals surface area contributed by atoms with Gasteiger partial charge >= 0.3 is 0 Å². The van der Waals surface area contributed by atoms with Crippen molar-refractivity contribution in [2.24, 2.45) is 7.05 Å². The molecule has 0 radical (unpaired) electrons. The maximum atomic E-state index is 9.11. The van der Waals surface area contributed by atoms with Crippen LogP contribution in [-0.2, 0) is 18.4 Å². The minimum absolute atomic E-state index is 0.0650. The first-order chi connectivity index (χ1) is 14.0. The van der Waals surface area contributed by atoms with Gasteiger partial charge in [0.2, 0.25) is 0 Å². The Hall–Kier alpha value is -3.59. The van der Waals surface area contributed by atoms with Gasteiger partial charge in [0, 0.05) is 29.8 Å². The number of hydrogen-bond donors (Lipinski definition) is 2. The molecule has 4 rings (SSSR count). The highest BCUT2D eigenvalue weighted by atomic mass is 16.3. The molecule has 150 valence electrons. The number of pyridine rings is 1. The number of nitrogens with zero attached hydrogens (tertiary/aromatic N) is 6. The Labute approximate surface area is 167 Å². The standard InChI is InChI=1S/C19H20N6O.CH2O2/c1-12-8-18(16-10-25(6-7-26)23-13(16)2)21-17-5-4-14(9-15(12)17)19-22-20-11-24(19)3;2-1-3/h4-5,8-11,26H,6-7H2,1-3H3;1H,(H,2,3). The maximum Gasteiger partial charge on any atom is 0.290 e. The third-order valence-electron chi connectivity index (χ3n) is 4.54. The van der Waals surface area contributed by atoms with Gasteiger partial charge in [0.1, 0.15) is 6.33 Å². The first kappa shape index (κ1) is 20.2. The lowest BCUT2D eigenvalue weighted by atomic mass is 10.0. The maximum absolute atomic E-state index is 9.11. The van der Waals surface area contributed by atoms with Crippen LogP contribution in [0.25, 0.3) is 33.5 Å². The van der Waals surface area contributed by atoms with Crippen LogP contribution in [0.3, 0.4) is 0 Å². The number of aliphatic hydroxyl groups is 1. The Morgan fingerprint density at radius 1 is 1.21 bits per heavy atom. The molecule has 3 aromatic heterocycles. The molecule has 29 heavy (non-hydrogen) atoms. The minimum Gasteiger partial charge on any atom is -0.483 e. The third-order valence-corrected chi connectivity index (χ3v) is 4.54. The molecule has 0 amide bonds. The monoisotopic (exact) mass is 394 g/mol. The number of rotatable bonds is 4. The van der Waals surface area contributed by atoms with E-state index < -0.39 is 0 Å². The molecule has 0 fully saturated rings. The number of carbonyl (C=O) groups is 1. The average Bonchev–Trinajstić information content (AvgIpc) is 3.28. The highest BCUT2D eigenvalue weighted by Crippen LogP contribution is 2.29. The van der Waals surface area contributed by atoms with E-state index in [4.69, 9.17) is 20.0 Å². The van der Waals surface area contributed by atoms with Gasteiger partial charge < -0.3 is 14.8 Å². The largest absolute Gasteiger partial charge is 0.483 e. The normalized spacial score (nSPS) is 10.6. The fraction of sp³-hybridized carbons (Fsp3) is 0.250. The Morgan fingerprint density at radius 3 is 2.62 bits per heavy atom. The summed E-state index contributed by atoms with van der Waals surface area (Å²) < 4.78 is 3.65. The van der Waals surface area contributed by atoms with Crippen molar-refractivity contribution in [3.8, 4) is 22.6 Å². The molecule has 2 N–H and O–H groups in total. The first-order valence-corrected chi connectivity index (χ1v) is 8.97. The molecule has 1 aromatic carbocycles. The van der Waals surface area contributed by atoms with Crippen LogP contribution in [0.1, 0.15) is 11.3 Å². The molecule has 0 aliphatic rings. The summed E-state index contributed by atoms with van der Waals surface area (Å²) in [7, 11) is 1.93. The average molecular weight is 394 g/mol. The lowest BCUT2D eigenvalue weighted by Crippen LogP contribution is -2.02. The number of benzene rings is 1. The zero-order chi connectivity index (χ0) is 21.0. The van der Waals surface area contributed by atoms with Gasteiger partial charge in [-0.2, -0.15) is 5.10 Å². The second kappa shape index (κ2) is 8.61. The molecule has 3 heterocycles. The van der Waals surface area contributed by atoms with Gasteiger partial charge in [-0.1, -0.05) is 0 Å². The smallest absolute Gasteiger partial charge is 0.290 e. The number of aryl methyl sites for hydroxylation is 3. The van der Waals surface area contributed by atoms with Gasteiger partial charge in [-0.3, -0.25) is 9.48 Å². The second-order valence-electron chi connectivity index (χ2n) is 6.54. The van der Waals surface area contributed by atoms with E-state index in [-0.39, 0.29) is 13.1 Å². The summed E-state index contributed by atoms with van der Waals surface area (Å²) in [6.45, 7) is 4.34. The van der Waals surface area contributed by atoms with Gasteiger partial charge in [-0.25, -0.2) is 4.98 Å². The molecule has 0 saturated heterocycles. The number of hydrogen-bond acceptors (Lipinski definition) is 6. The van der Waals surface area contributed by atoms with Gasteiger partial charge in [-0.05, 0) is 43.7 Å². The first-order valence-electron chi connectivity index (χ1n) is 8.97. The van der Waals surface area contributed by atoms with Gasteiger partial charge in [0.15, 0.2) is 5.82 Å². The second-order valence-corrected chi connectivity index (χ2v) is 6.54. The highest BCUT2D eigenvalue weighted by Gasteiger charge is 2.13. The van der Waals surface area contributed by atoms with Crippen LogP contribution in [0, 0.1) is 13.8 Å². The number of fused-ring (bicyclic) bond motifs is 1. The Balaban J connectivity index is 0.000000755. The van der Waals surface area contributed by atoms with Crippen LogP contribution in [0.15, 0.2) is 36.8 Å². The van der Waals surface area contributed by atoms with Crippen LogP contribution >= 0.6 is 0 Å². The van der Waals surface area contributed by atoms with E-state index in [1.54, 1.807) is 11.0 Å². The molecule has 0 atom stereocenters. The Morgan fingerprint density at radius 2 is 1.97 bits per heavy atom. The lowest BCUT2D eigenvalue weighted by Gasteiger charge is -2.08. The van der Waals surface area contributed by atoms with Gasteiger partial charge in [-0.15, -0.1) is 10.2 Å². The summed E-state index contributed by atoms with van der Waals surface area (Å²) in [5.74, 6) is 0.830. The SMILES string of the molecule is Cc1nn(CCO)cc1-c1cc(C)c2cc(-c3nncn3C)ccc2n1.O=CO. The quantitative estimate of drug-likeness (QED) is 0.509. The molecule has 4 aromatic rings. The van der Waals surface area contributed by atoms with Gasteiger partial charge in [0.05, 0.1) is 30.1 Å². The predicted molar refractivity (Wildman–Crippen MR) is 108 cm³/mol. The van der Waals surface area contributed by atoms with Crippen molar-refractivity contribution in [3.63, 3.8) is 0 Å². The van der Waals surface area contributed by atoms with Gasteiger partial charge in [0.25, 0.3) is 6.47 Å². The van der Waals surface area contributed by atoms with Crippen molar-refractivity contribution in [1.82, 2.24) is 29.5 Å². The molecule has 0 unspecified atom stereocenters. The molecule has 0 aliphatic carbocycles.